The summed E-state index contributed by atoms with van der Waals surface area (Å²) in [5.74, 6) is 0. The zero-order chi connectivity index (χ0) is 28.8. The van der Waals surface area contributed by atoms with Gasteiger partial charge in [0.2, 0.25) is 10.4 Å². The molecule has 11 heteroatoms. The van der Waals surface area contributed by atoms with Crippen LogP contribution in [0.1, 0.15) is 168 Å². The fourth-order valence-electron chi connectivity index (χ4n) is 4.21. The molecule has 8 nitrogen and oxygen atoms in total. The molecule has 0 rings (SSSR count). The summed E-state index contributed by atoms with van der Waals surface area (Å²) in [6.07, 6.45) is 29.2. The minimum Gasteiger partial charge on any atom is -0.726 e. The first-order valence-electron chi connectivity index (χ1n) is 15.3. The van der Waals surface area contributed by atoms with E-state index in [0.717, 1.165) is 25.7 Å². The third-order valence-electron chi connectivity index (χ3n) is 6.46. The Morgan fingerprint density at radius 1 is 0.462 bits per heavy atom. The Bertz CT molecular complexity index is 615. The van der Waals surface area contributed by atoms with Crippen molar-refractivity contribution in [1.82, 2.24) is 0 Å². The van der Waals surface area contributed by atoms with E-state index in [0.29, 0.717) is 12.8 Å². The molecule has 232 valence electrons. The van der Waals surface area contributed by atoms with E-state index in [1.807, 2.05) is 0 Å². The van der Waals surface area contributed by atoms with Crippen LogP contribution in [0.5, 0.6) is 0 Å². The predicted octanol–water partition coefficient (Wildman–Crippen LogP) is 5.68. The van der Waals surface area contributed by atoms with Crippen molar-refractivity contribution >= 4 is 20.8 Å². The summed E-state index contributed by atoms with van der Waals surface area (Å²) < 4.78 is 67.7. The van der Waals surface area contributed by atoms with Crippen molar-refractivity contribution in [3.05, 3.63) is 0 Å². The maximum Gasteiger partial charge on any atom is 1.00 e. The van der Waals surface area contributed by atoms with Gasteiger partial charge in [0.1, 0.15) is 0 Å². The van der Waals surface area contributed by atoms with Crippen molar-refractivity contribution in [3.8, 4) is 0 Å². The van der Waals surface area contributed by atoms with Gasteiger partial charge in [-0.2, -0.15) is 8.42 Å². The van der Waals surface area contributed by atoms with Crippen LogP contribution in [-0.4, -0.2) is 39.2 Å². The van der Waals surface area contributed by atoms with E-state index in [9.17, 15) is 21.4 Å². The van der Waals surface area contributed by atoms with E-state index in [-0.39, 0.29) is 42.8 Å². The van der Waals surface area contributed by atoms with E-state index >= 15 is 0 Å². The van der Waals surface area contributed by atoms with Gasteiger partial charge in [-0.3, -0.25) is 8.74 Å². The smallest absolute Gasteiger partial charge is 0.726 e. The van der Waals surface area contributed by atoms with Crippen LogP contribution in [-0.2, 0) is 29.2 Å². The van der Waals surface area contributed by atoms with Gasteiger partial charge in [0.15, 0.2) is 0 Å². The van der Waals surface area contributed by atoms with Crippen molar-refractivity contribution < 1.29 is 63.9 Å². The minimum absolute atomic E-state index is 0. The van der Waals surface area contributed by atoms with Crippen molar-refractivity contribution in [3.63, 3.8) is 0 Å². The van der Waals surface area contributed by atoms with Gasteiger partial charge in [-0.05, 0) is 12.8 Å². The van der Waals surface area contributed by atoms with Crippen LogP contribution in [0.3, 0.4) is 0 Å². The number of rotatable bonds is 28. The molecule has 0 spiro atoms. The molecule has 0 saturated heterocycles. The van der Waals surface area contributed by atoms with E-state index in [4.69, 9.17) is 4.55 Å². The molecule has 0 fully saturated rings. The van der Waals surface area contributed by atoms with Crippen LogP contribution >= 0.6 is 0 Å². The molecule has 0 amide bonds. The van der Waals surface area contributed by atoms with Gasteiger partial charge in [-0.25, -0.2) is 12.6 Å². The molecule has 0 aromatic rings. The minimum atomic E-state index is -4.49. The standard InChI is InChI=1S/2C14H30O4S.Na/c2*1-2-3-4-5-6-7-8-9-10-11-12-13-14-18-19(15,16)17;/h2*2-14H2,1H3,(H,15,16,17);/q;;+1/p-1. The molecule has 0 aromatic heterocycles. The monoisotopic (exact) mass is 610 g/mol. The summed E-state index contributed by atoms with van der Waals surface area (Å²) in [6, 6.07) is 0. The summed E-state index contributed by atoms with van der Waals surface area (Å²) in [7, 11) is -8.73. The van der Waals surface area contributed by atoms with Gasteiger partial charge in [0, 0.05) is 0 Å². The molecular formula is C28H59NaO8S2. The molecule has 0 aliphatic heterocycles. The van der Waals surface area contributed by atoms with Gasteiger partial charge in [0.05, 0.1) is 13.2 Å². The summed E-state index contributed by atoms with van der Waals surface area (Å²) in [6.45, 7) is 4.60. The van der Waals surface area contributed by atoms with Crippen molar-refractivity contribution in [2.75, 3.05) is 13.2 Å². The van der Waals surface area contributed by atoms with Crippen molar-refractivity contribution in [2.45, 2.75) is 168 Å². The quantitative estimate of drug-likeness (QED) is 0.0519. The Morgan fingerprint density at radius 2 is 0.692 bits per heavy atom. The van der Waals surface area contributed by atoms with E-state index in [1.165, 1.54) is 116 Å². The van der Waals surface area contributed by atoms with E-state index in [1.54, 1.807) is 0 Å². The third-order valence-corrected chi connectivity index (χ3v) is 7.38. The van der Waals surface area contributed by atoms with Gasteiger partial charge < -0.3 is 4.55 Å². The molecular weight excluding hydrogens is 551 g/mol. The van der Waals surface area contributed by atoms with Gasteiger partial charge in [-0.1, -0.05) is 155 Å². The fourth-order valence-corrected chi connectivity index (χ4v) is 4.86. The number of hydrogen-bond donors (Lipinski definition) is 1. The van der Waals surface area contributed by atoms with E-state index < -0.39 is 20.8 Å². The molecule has 0 atom stereocenters. The zero-order valence-corrected chi connectivity index (χ0v) is 29.1. The Balaban J connectivity index is -0.000000648. The van der Waals surface area contributed by atoms with E-state index in [2.05, 4.69) is 22.2 Å². The molecule has 0 radical (unpaired) electrons. The number of hydrogen-bond acceptors (Lipinski definition) is 7. The fraction of sp³-hybridized carbons (Fsp3) is 1.00. The van der Waals surface area contributed by atoms with Crippen LogP contribution in [0.4, 0.5) is 0 Å². The van der Waals surface area contributed by atoms with Gasteiger partial charge in [-0.15, -0.1) is 0 Å². The molecule has 0 saturated carbocycles. The van der Waals surface area contributed by atoms with Crippen LogP contribution in [0.2, 0.25) is 0 Å². The summed E-state index contributed by atoms with van der Waals surface area (Å²) in [4.78, 5) is 0. The number of unbranched alkanes of at least 4 members (excludes halogenated alkanes) is 22. The van der Waals surface area contributed by atoms with Crippen LogP contribution < -0.4 is 29.6 Å². The second-order valence-corrected chi connectivity index (χ2v) is 12.4. The van der Waals surface area contributed by atoms with Crippen LogP contribution in [0.15, 0.2) is 0 Å². The predicted molar refractivity (Wildman–Crippen MR) is 155 cm³/mol. The van der Waals surface area contributed by atoms with Crippen LogP contribution in [0.25, 0.3) is 0 Å². The Labute approximate surface area is 264 Å². The first-order valence-corrected chi connectivity index (χ1v) is 18.0. The zero-order valence-electron chi connectivity index (χ0n) is 25.5. The average Bonchev–Trinajstić information content (AvgIpc) is 2.84. The molecule has 0 aliphatic rings. The first-order chi connectivity index (χ1) is 18.1. The topological polar surface area (TPSA) is 130 Å². The largest absolute Gasteiger partial charge is 1.00 e. The Hall–Kier alpha value is 0.740. The molecule has 0 aromatic carbocycles. The van der Waals surface area contributed by atoms with Crippen molar-refractivity contribution in [2.24, 2.45) is 0 Å². The maximum absolute atomic E-state index is 10.3. The molecule has 0 unspecified atom stereocenters. The second kappa shape index (κ2) is 33.2. The SMILES string of the molecule is CCCCCCCCCCCCCCOS(=O)(=O)O.CCCCCCCCCCCCCCOS(=O)(=O)[O-].[Na+]. The third kappa shape index (κ3) is 48.8. The molecule has 0 heterocycles. The summed E-state index contributed by atoms with van der Waals surface area (Å²) in [5.41, 5.74) is 0. The second-order valence-electron chi connectivity index (χ2n) is 10.3. The van der Waals surface area contributed by atoms with Crippen LogP contribution in [0, 0.1) is 0 Å². The van der Waals surface area contributed by atoms with Gasteiger partial charge in [0.25, 0.3) is 0 Å². The summed E-state index contributed by atoms with van der Waals surface area (Å²) in [5, 5.41) is 0. The molecule has 1 N–H and O–H groups in total. The Morgan fingerprint density at radius 3 is 0.923 bits per heavy atom. The summed E-state index contributed by atoms with van der Waals surface area (Å²) >= 11 is 0. The first kappa shape index (κ1) is 44.2. The van der Waals surface area contributed by atoms with Gasteiger partial charge >= 0.3 is 40.0 Å². The molecule has 0 aliphatic carbocycles. The normalized spacial score (nSPS) is 11.6. The van der Waals surface area contributed by atoms with Crippen molar-refractivity contribution in [1.29, 1.82) is 0 Å². The molecule has 39 heavy (non-hydrogen) atoms. The average molecular weight is 611 g/mol. The molecule has 0 bridgehead atoms. The maximum atomic E-state index is 10.3. The Kier molecular flexibility index (Phi) is 37.7.